The van der Waals surface area contributed by atoms with Crippen molar-refractivity contribution in [3.8, 4) is 0 Å². The van der Waals surface area contributed by atoms with Crippen LogP contribution in [0.2, 0.25) is 0 Å². The molecule has 0 aromatic carbocycles. The SMILES string of the molecule is CC1CC(Nc2ncnc3sc4c(c23)CCCC4)CN1C1CC1. The van der Waals surface area contributed by atoms with E-state index in [4.69, 9.17) is 0 Å². The quantitative estimate of drug-likeness (QED) is 0.934. The number of thiophene rings is 1. The van der Waals surface area contributed by atoms with E-state index in [1.807, 2.05) is 11.3 Å². The van der Waals surface area contributed by atoms with Crippen LogP contribution in [-0.2, 0) is 12.8 Å². The Morgan fingerprint density at radius 2 is 2.09 bits per heavy atom. The molecule has 23 heavy (non-hydrogen) atoms. The van der Waals surface area contributed by atoms with Crippen molar-refractivity contribution in [3.05, 3.63) is 16.8 Å². The van der Waals surface area contributed by atoms with Gasteiger partial charge in [-0.3, -0.25) is 4.90 Å². The van der Waals surface area contributed by atoms with E-state index in [9.17, 15) is 0 Å². The summed E-state index contributed by atoms with van der Waals surface area (Å²) in [7, 11) is 0. The molecule has 2 fully saturated rings. The predicted molar refractivity (Wildman–Crippen MR) is 95.3 cm³/mol. The van der Waals surface area contributed by atoms with Crippen LogP contribution >= 0.6 is 11.3 Å². The van der Waals surface area contributed by atoms with Gasteiger partial charge in [-0.05, 0) is 57.4 Å². The number of anilines is 1. The minimum atomic E-state index is 0.530. The molecule has 2 aliphatic carbocycles. The fourth-order valence-corrected chi connectivity index (χ4v) is 5.70. The van der Waals surface area contributed by atoms with E-state index in [0.717, 1.165) is 11.9 Å². The zero-order valence-corrected chi connectivity index (χ0v) is 14.5. The standard InChI is InChI=1S/C18H24N4S/c1-11-8-12(9-22(11)13-6-7-13)21-17-16-14-4-2-3-5-15(14)23-18(16)20-10-19-17/h10-13H,2-9H2,1H3,(H,19,20,21). The highest BCUT2D eigenvalue weighted by Crippen LogP contribution is 2.39. The lowest BCUT2D eigenvalue weighted by Crippen LogP contribution is -2.31. The highest BCUT2D eigenvalue weighted by molar-refractivity contribution is 7.19. The van der Waals surface area contributed by atoms with E-state index in [1.165, 1.54) is 67.3 Å². The third-order valence-electron chi connectivity index (χ3n) is 5.73. The van der Waals surface area contributed by atoms with Crippen molar-refractivity contribution in [3.63, 3.8) is 0 Å². The third kappa shape index (κ3) is 2.45. The van der Waals surface area contributed by atoms with Crippen LogP contribution in [0.4, 0.5) is 5.82 Å². The van der Waals surface area contributed by atoms with Crippen molar-refractivity contribution in [2.75, 3.05) is 11.9 Å². The van der Waals surface area contributed by atoms with Gasteiger partial charge in [0.05, 0.1) is 5.39 Å². The van der Waals surface area contributed by atoms with E-state index >= 15 is 0 Å². The number of nitrogens with zero attached hydrogens (tertiary/aromatic N) is 3. The lowest BCUT2D eigenvalue weighted by atomic mass is 9.97. The monoisotopic (exact) mass is 328 g/mol. The van der Waals surface area contributed by atoms with E-state index < -0.39 is 0 Å². The van der Waals surface area contributed by atoms with Crippen LogP contribution in [0.3, 0.4) is 0 Å². The van der Waals surface area contributed by atoms with Crippen LogP contribution in [-0.4, -0.2) is 39.5 Å². The zero-order chi connectivity index (χ0) is 15.4. The van der Waals surface area contributed by atoms with E-state index in [2.05, 4.69) is 27.1 Å². The molecule has 3 heterocycles. The molecule has 5 heteroatoms. The van der Waals surface area contributed by atoms with E-state index in [1.54, 1.807) is 11.2 Å². The molecule has 5 rings (SSSR count). The maximum atomic E-state index is 4.63. The van der Waals surface area contributed by atoms with Gasteiger partial charge >= 0.3 is 0 Å². The molecular weight excluding hydrogens is 304 g/mol. The number of likely N-dealkylation sites (tertiary alicyclic amines) is 1. The summed E-state index contributed by atoms with van der Waals surface area (Å²) >= 11 is 1.89. The Labute approximate surface area is 141 Å². The van der Waals surface area contributed by atoms with Crippen LogP contribution in [0, 0.1) is 0 Å². The zero-order valence-electron chi connectivity index (χ0n) is 13.7. The Kier molecular flexibility index (Phi) is 3.34. The number of aryl methyl sites for hydroxylation is 2. The molecule has 0 spiro atoms. The van der Waals surface area contributed by atoms with Gasteiger partial charge in [-0.25, -0.2) is 9.97 Å². The lowest BCUT2D eigenvalue weighted by Gasteiger charge is -2.20. The van der Waals surface area contributed by atoms with Crippen molar-refractivity contribution >= 4 is 27.4 Å². The Bertz CT molecular complexity index is 736. The Morgan fingerprint density at radius 3 is 2.96 bits per heavy atom. The first-order valence-electron chi connectivity index (χ1n) is 9.07. The molecule has 1 aliphatic heterocycles. The predicted octanol–water partition coefficient (Wildman–Crippen LogP) is 3.61. The van der Waals surface area contributed by atoms with Crippen molar-refractivity contribution in [2.24, 2.45) is 0 Å². The molecule has 1 saturated carbocycles. The summed E-state index contributed by atoms with van der Waals surface area (Å²) in [6.45, 7) is 3.55. The van der Waals surface area contributed by atoms with Crippen molar-refractivity contribution in [1.29, 1.82) is 0 Å². The average Bonchev–Trinajstić information content (AvgIpc) is 3.22. The number of hydrogen-bond acceptors (Lipinski definition) is 5. The number of nitrogens with one attached hydrogen (secondary N) is 1. The summed E-state index contributed by atoms with van der Waals surface area (Å²) in [4.78, 5) is 14.6. The first-order chi connectivity index (χ1) is 11.3. The normalized spacial score (nSPS) is 28.2. The van der Waals surface area contributed by atoms with Gasteiger partial charge in [0.2, 0.25) is 0 Å². The van der Waals surface area contributed by atoms with Gasteiger partial charge in [0.15, 0.2) is 0 Å². The molecule has 2 aromatic rings. The highest BCUT2D eigenvalue weighted by atomic mass is 32.1. The minimum absolute atomic E-state index is 0.530. The molecule has 2 aromatic heterocycles. The summed E-state index contributed by atoms with van der Waals surface area (Å²) < 4.78 is 0. The van der Waals surface area contributed by atoms with Gasteiger partial charge in [-0.1, -0.05) is 0 Å². The molecule has 1 saturated heterocycles. The lowest BCUT2D eigenvalue weighted by molar-refractivity contribution is 0.257. The summed E-state index contributed by atoms with van der Waals surface area (Å²) in [5, 5.41) is 5.10. The first kappa shape index (κ1) is 14.2. The van der Waals surface area contributed by atoms with Gasteiger partial charge in [0, 0.05) is 29.5 Å². The second-order valence-corrected chi connectivity index (χ2v) is 8.55. The molecule has 0 bridgehead atoms. The van der Waals surface area contributed by atoms with Gasteiger partial charge in [-0.15, -0.1) is 11.3 Å². The second-order valence-electron chi connectivity index (χ2n) is 7.47. The Hall–Kier alpha value is -1.20. The second kappa shape index (κ2) is 5.42. The van der Waals surface area contributed by atoms with E-state index in [0.29, 0.717) is 12.1 Å². The summed E-state index contributed by atoms with van der Waals surface area (Å²) in [5.74, 6) is 1.09. The summed E-state index contributed by atoms with van der Waals surface area (Å²) in [6, 6.07) is 2.09. The van der Waals surface area contributed by atoms with Crippen molar-refractivity contribution in [1.82, 2.24) is 14.9 Å². The van der Waals surface area contributed by atoms with Crippen LogP contribution in [0.15, 0.2) is 6.33 Å². The minimum Gasteiger partial charge on any atom is -0.365 e. The molecular formula is C18H24N4S. The average molecular weight is 328 g/mol. The fraction of sp³-hybridized carbons (Fsp3) is 0.667. The van der Waals surface area contributed by atoms with Crippen LogP contribution in [0.25, 0.3) is 10.2 Å². The van der Waals surface area contributed by atoms with Crippen LogP contribution in [0.5, 0.6) is 0 Å². The number of hydrogen-bond donors (Lipinski definition) is 1. The van der Waals surface area contributed by atoms with Crippen molar-refractivity contribution < 1.29 is 0 Å². The van der Waals surface area contributed by atoms with E-state index in [-0.39, 0.29) is 0 Å². The molecule has 2 atom stereocenters. The van der Waals surface area contributed by atoms with Gasteiger partial charge in [-0.2, -0.15) is 0 Å². The van der Waals surface area contributed by atoms with Crippen molar-refractivity contribution in [2.45, 2.75) is 70.0 Å². The van der Waals surface area contributed by atoms with Crippen LogP contribution in [0.1, 0.15) is 49.5 Å². The summed E-state index contributed by atoms with van der Waals surface area (Å²) in [5.41, 5.74) is 1.53. The van der Waals surface area contributed by atoms with Crippen LogP contribution < -0.4 is 5.32 Å². The molecule has 2 unspecified atom stereocenters. The number of aromatic nitrogens is 2. The molecule has 0 radical (unpaired) electrons. The smallest absolute Gasteiger partial charge is 0.138 e. The molecule has 4 nitrogen and oxygen atoms in total. The third-order valence-corrected chi connectivity index (χ3v) is 6.93. The highest BCUT2D eigenvalue weighted by Gasteiger charge is 2.39. The first-order valence-corrected chi connectivity index (χ1v) is 9.89. The number of rotatable bonds is 3. The molecule has 3 aliphatic rings. The Morgan fingerprint density at radius 1 is 1.22 bits per heavy atom. The fourth-order valence-electron chi connectivity index (χ4n) is 4.47. The van der Waals surface area contributed by atoms with Gasteiger partial charge < -0.3 is 5.32 Å². The molecule has 1 N–H and O–H groups in total. The largest absolute Gasteiger partial charge is 0.365 e. The van der Waals surface area contributed by atoms with Gasteiger partial charge in [0.25, 0.3) is 0 Å². The molecule has 0 amide bonds. The maximum Gasteiger partial charge on any atom is 0.138 e. The summed E-state index contributed by atoms with van der Waals surface area (Å²) in [6.07, 6.45) is 10.8. The van der Waals surface area contributed by atoms with Gasteiger partial charge in [0.1, 0.15) is 17.0 Å². The maximum absolute atomic E-state index is 4.63. The Balaban J connectivity index is 1.45. The topological polar surface area (TPSA) is 41.1 Å². The number of fused-ring (bicyclic) bond motifs is 3. The molecule has 122 valence electrons.